The summed E-state index contributed by atoms with van der Waals surface area (Å²) in [5.74, 6) is 0. The number of nitrogens with one attached hydrogen (secondary N) is 1. The average Bonchev–Trinajstić information content (AvgIpc) is 2.55. The van der Waals surface area contributed by atoms with Gasteiger partial charge in [-0.25, -0.2) is 0 Å². The van der Waals surface area contributed by atoms with Crippen molar-refractivity contribution >= 4 is 0 Å². The third-order valence-electron chi connectivity index (χ3n) is 3.25. The maximum Gasteiger partial charge on any atom is 0.0635 e. The summed E-state index contributed by atoms with van der Waals surface area (Å²) in [5.41, 5.74) is 2.36. The number of benzene rings is 1. The van der Waals surface area contributed by atoms with Gasteiger partial charge in [0.2, 0.25) is 0 Å². The molecule has 0 aliphatic rings. The molecule has 1 rings (SSSR count). The minimum absolute atomic E-state index is 0.478. The molecule has 114 valence electrons. The first-order chi connectivity index (χ1) is 10.8. The van der Waals surface area contributed by atoms with Crippen LogP contribution in [-0.4, -0.2) is 24.5 Å². The summed E-state index contributed by atoms with van der Waals surface area (Å²) in [7, 11) is 0. The maximum atomic E-state index is 8.69. The normalized spacial score (nSPS) is 9.91. The Labute approximate surface area is 132 Å². The van der Waals surface area contributed by atoms with Crippen molar-refractivity contribution in [2.45, 2.75) is 32.4 Å². The standard InChI is InChI=1S/C17H21N5/c18-8-1-11-21-14-16-4-6-17(7-5-16)15-22(12-2-9-19)13-3-10-20/h4-7,21H,1-3,11-15H2. The fourth-order valence-corrected chi connectivity index (χ4v) is 2.08. The molecule has 0 spiro atoms. The zero-order chi connectivity index (χ0) is 16.0. The van der Waals surface area contributed by atoms with E-state index in [1.807, 2.05) is 0 Å². The SMILES string of the molecule is N#CCCNCc1ccc(CN(CCC#N)CCC#N)cc1. The van der Waals surface area contributed by atoms with Gasteiger partial charge >= 0.3 is 0 Å². The first kappa shape index (κ1) is 17.7. The first-order valence-electron chi connectivity index (χ1n) is 7.42. The lowest BCUT2D eigenvalue weighted by Crippen LogP contribution is -2.25. The van der Waals surface area contributed by atoms with E-state index in [0.29, 0.717) is 38.9 Å². The summed E-state index contributed by atoms with van der Waals surface area (Å²) in [6.07, 6.45) is 1.48. The summed E-state index contributed by atoms with van der Waals surface area (Å²) in [4.78, 5) is 2.13. The molecule has 0 aliphatic carbocycles. The van der Waals surface area contributed by atoms with Crippen molar-refractivity contribution in [3.05, 3.63) is 35.4 Å². The van der Waals surface area contributed by atoms with Crippen molar-refractivity contribution in [3.8, 4) is 18.2 Å². The van der Waals surface area contributed by atoms with E-state index in [1.165, 1.54) is 11.1 Å². The molecule has 0 saturated carbocycles. The molecule has 0 saturated heterocycles. The van der Waals surface area contributed by atoms with E-state index in [1.54, 1.807) is 0 Å². The van der Waals surface area contributed by atoms with E-state index < -0.39 is 0 Å². The smallest absolute Gasteiger partial charge is 0.0635 e. The summed E-state index contributed by atoms with van der Waals surface area (Å²) < 4.78 is 0. The van der Waals surface area contributed by atoms with Gasteiger partial charge in [-0.2, -0.15) is 15.8 Å². The molecule has 1 aromatic carbocycles. The number of nitrogens with zero attached hydrogens (tertiary/aromatic N) is 4. The predicted octanol–water partition coefficient (Wildman–Crippen LogP) is 2.32. The first-order valence-corrected chi connectivity index (χ1v) is 7.42. The Morgan fingerprint density at radius 2 is 1.36 bits per heavy atom. The molecule has 0 heterocycles. The van der Waals surface area contributed by atoms with Crippen LogP contribution in [0.4, 0.5) is 0 Å². The molecule has 0 aromatic heterocycles. The van der Waals surface area contributed by atoms with E-state index in [4.69, 9.17) is 15.8 Å². The third-order valence-corrected chi connectivity index (χ3v) is 3.25. The van der Waals surface area contributed by atoms with E-state index in [2.05, 4.69) is 52.7 Å². The Balaban J connectivity index is 2.48. The van der Waals surface area contributed by atoms with Crippen LogP contribution < -0.4 is 5.32 Å². The lowest BCUT2D eigenvalue weighted by Gasteiger charge is -2.20. The number of hydrogen-bond acceptors (Lipinski definition) is 5. The van der Waals surface area contributed by atoms with Crippen LogP contribution in [0.3, 0.4) is 0 Å². The van der Waals surface area contributed by atoms with Gasteiger partial charge in [0, 0.05) is 52.0 Å². The van der Waals surface area contributed by atoms with Crippen LogP contribution in [0.15, 0.2) is 24.3 Å². The molecule has 1 N–H and O–H groups in total. The summed E-state index contributed by atoms with van der Waals surface area (Å²) in [5, 5.41) is 29.1. The van der Waals surface area contributed by atoms with E-state index in [0.717, 1.165) is 13.1 Å². The zero-order valence-corrected chi connectivity index (χ0v) is 12.8. The fourth-order valence-electron chi connectivity index (χ4n) is 2.08. The minimum Gasteiger partial charge on any atom is -0.312 e. The number of nitriles is 3. The van der Waals surface area contributed by atoms with Crippen LogP contribution in [0.25, 0.3) is 0 Å². The van der Waals surface area contributed by atoms with Gasteiger partial charge in [-0.15, -0.1) is 0 Å². The second kappa shape index (κ2) is 11.3. The Bertz CT molecular complexity index is 526. The van der Waals surface area contributed by atoms with Gasteiger partial charge in [0.15, 0.2) is 0 Å². The minimum atomic E-state index is 0.478. The average molecular weight is 295 g/mol. The van der Waals surface area contributed by atoms with Gasteiger partial charge in [-0.05, 0) is 11.1 Å². The van der Waals surface area contributed by atoms with Crippen molar-refractivity contribution in [1.82, 2.24) is 10.2 Å². The molecule has 0 fully saturated rings. The lowest BCUT2D eigenvalue weighted by molar-refractivity contribution is 0.278. The van der Waals surface area contributed by atoms with Crippen molar-refractivity contribution in [2.75, 3.05) is 19.6 Å². The third kappa shape index (κ3) is 7.41. The molecular weight excluding hydrogens is 274 g/mol. The Kier molecular flexibility index (Phi) is 9.06. The number of rotatable bonds is 10. The highest BCUT2D eigenvalue weighted by Gasteiger charge is 2.05. The van der Waals surface area contributed by atoms with Crippen LogP contribution in [0, 0.1) is 34.0 Å². The second-order valence-corrected chi connectivity index (χ2v) is 4.99. The Hall–Kier alpha value is -2.39. The molecule has 0 amide bonds. The summed E-state index contributed by atoms with van der Waals surface area (Å²) in [6.45, 7) is 3.60. The van der Waals surface area contributed by atoms with Gasteiger partial charge < -0.3 is 5.32 Å². The van der Waals surface area contributed by atoms with Crippen LogP contribution in [-0.2, 0) is 13.1 Å². The van der Waals surface area contributed by atoms with Crippen molar-refractivity contribution in [3.63, 3.8) is 0 Å². The van der Waals surface area contributed by atoms with Crippen LogP contribution in [0.2, 0.25) is 0 Å². The molecule has 22 heavy (non-hydrogen) atoms. The van der Waals surface area contributed by atoms with Crippen molar-refractivity contribution in [2.24, 2.45) is 0 Å². The highest BCUT2D eigenvalue weighted by molar-refractivity contribution is 5.22. The fraction of sp³-hybridized carbons (Fsp3) is 0.471. The highest BCUT2D eigenvalue weighted by Crippen LogP contribution is 2.08. The van der Waals surface area contributed by atoms with E-state index in [-0.39, 0.29) is 0 Å². The quantitative estimate of drug-likeness (QED) is 0.669. The summed E-state index contributed by atoms with van der Waals surface area (Å²) in [6, 6.07) is 14.7. The molecular formula is C17H21N5. The maximum absolute atomic E-state index is 8.69. The van der Waals surface area contributed by atoms with E-state index >= 15 is 0 Å². The second-order valence-electron chi connectivity index (χ2n) is 4.99. The van der Waals surface area contributed by atoms with Crippen LogP contribution in [0.5, 0.6) is 0 Å². The van der Waals surface area contributed by atoms with Crippen molar-refractivity contribution < 1.29 is 0 Å². The molecule has 5 nitrogen and oxygen atoms in total. The molecule has 1 aromatic rings. The molecule has 0 bridgehead atoms. The predicted molar refractivity (Wildman–Crippen MR) is 84.1 cm³/mol. The van der Waals surface area contributed by atoms with Gasteiger partial charge in [0.25, 0.3) is 0 Å². The van der Waals surface area contributed by atoms with Crippen molar-refractivity contribution in [1.29, 1.82) is 15.8 Å². The number of hydrogen-bond donors (Lipinski definition) is 1. The Morgan fingerprint density at radius 1 is 0.818 bits per heavy atom. The molecule has 0 atom stereocenters. The van der Waals surface area contributed by atoms with Gasteiger partial charge in [0.1, 0.15) is 0 Å². The van der Waals surface area contributed by atoms with Gasteiger partial charge in [-0.3, -0.25) is 4.90 Å². The zero-order valence-electron chi connectivity index (χ0n) is 12.8. The van der Waals surface area contributed by atoms with Gasteiger partial charge in [0.05, 0.1) is 18.2 Å². The molecule has 0 unspecified atom stereocenters. The summed E-state index contributed by atoms with van der Waals surface area (Å²) >= 11 is 0. The monoisotopic (exact) mass is 295 g/mol. The topological polar surface area (TPSA) is 86.6 Å². The highest BCUT2D eigenvalue weighted by atomic mass is 15.1. The Morgan fingerprint density at radius 3 is 1.91 bits per heavy atom. The van der Waals surface area contributed by atoms with Crippen LogP contribution in [0.1, 0.15) is 30.4 Å². The lowest BCUT2D eigenvalue weighted by atomic mass is 10.1. The van der Waals surface area contributed by atoms with Gasteiger partial charge in [-0.1, -0.05) is 24.3 Å². The molecule has 5 heteroatoms. The van der Waals surface area contributed by atoms with E-state index in [9.17, 15) is 0 Å². The van der Waals surface area contributed by atoms with Crippen LogP contribution >= 0.6 is 0 Å². The molecule has 0 radical (unpaired) electrons. The largest absolute Gasteiger partial charge is 0.312 e. The molecule has 0 aliphatic heterocycles.